The number of aliphatic carboxylic acids is 1. The molecule has 0 radical (unpaired) electrons. The van der Waals surface area contributed by atoms with Crippen LogP contribution in [0.1, 0.15) is 13.8 Å². The van der Waals surface area contributed by atoms with Crippen molar-refractivity contribution in [2.45, 2.75) is 13.8 Å². The summed E-state index contributed by atoms with van der Waals surface area (Å²) in [5.41, 5.74) is 1.15. The van der Waals surface area contributed by atoms with Crippen molar-refractivity contribution in [3.8, 4) is 0 Å². The monoisotopic (exact) mass is 156 g/mol. The van der Waals surface area contributed by atoms with Gasteiger partial charge in [0.25, 0.3) is 0 Å². The fourth-order valence-corrected chi connectivity index (χ4v) is 0.377. The summed E-state index contributed by atoms with van der Waals surface area (Å²) in [4.78, 5) is 9.91. The molecule has 62 valence electrons. The van der Waals surface area contributed by atoms with Gasteiger partial charge in [0.05, 0.1) is 12.3 Å². The maximum atomic E-state index is 9.91. The Morgan fingerprint density at radius 2 is 2.18 bits per heavy atom. The highest BCUT2D eigenvalue weighted by Gasteiger charge is 1.83. The van der Waals surface area contributed by atoms with Crippen molar-refractivity contribution < 1.29 is 14.6 Å². The zero-order chi connectivity index (χ0) is 8.69. The maximum absolute atomic E-state index is 9.91. The van der Waals surface area contributed by atoms with Gasteiger partial charge >= 0.3 is 5.97 Å². The Hall–Kier alpha value is -1.25. The second-order valence-corrected chi connectivity index (χ2v) is 2.26. The Kier molecular flexibility index (Phi) is 4.90. The summed E-state index contributed by atoms with van der Waals surface area (Å²) >= 11 is 0. The molecule has 11 heavy (non-hydrogen) atoms. The smallest absolute Gasteiger partial charge is 0.331 e. The number of carboxylic acid groups (broad SMARTS) is 1. The number of carbonyl (C=O) groups is 1. The van der Waals surface area contributed by atoms with Gasteiger partial charge in [-0.2, -0.15) is 0 Å². The zero-order valence-electron chi connectivity index (χ0n) is 6.70. The predicted molar refractivity (Wildman–Crippen MR) is 42.2 cm³/mol. The lowest BCUT2D eigenvalue weighted by atomic mass is 10.3. The third-order valence-electron chi connectivity index (χ3n) is 0.895. The van der Waals surface area contributed by atoms with E-state index in [1.54, 1.807) is 0 Å². The highest BCUT2D eigenvalue weighted by molar-refractivity contribution is 5.79. The Labute approximate surface area is 66.0 Å². The van der Waals surface area contributed by atoms with Gasteiger partial charge < -0.3 is 9.84 Å². The SMILES string of the molecule is CC(C)=CCO/C=C/C(=O)O. The van der Waals surface area contributed by atoms with Crippen molar-refractivity contribution in [3.63, 3.8) is 0 Å². The van der Waals surface area contributed by atoms with E-state index in [1.807, 2.05) is 19.9 Å². The first-order chi connectivity index (χ1) is 5.13. The second kappa shape index (κ2) is 5.53. The first-order valence-electron chi connectivity index (χ1n) is 3.27. The minimum atomic E-state index is -0.998. The molecule has 0 saturated heterocycles. The molecule has 0 aromatic carbocycles. The van der Waals surface area contributed by atoms with Crippen LogP contribution in [-0.4, -0.2) is 17.7 Å². The van der Waals surface area contributed by atoms with Crippen LogP contribution in [0.25, 0.3) is 0 Å². The molecule has 0 atom stereocenters. The van der Waals surface area contributed by atoms with Gasteiger partial charge in [-0.15, -0.1) is 0 Å². The quantitative estimate of drug-likeness (QED) is 0.291. The third kappa shape index (κ3) is 8.75. The zero-order valence-corrected chi connectivity index (χ0v) is 6.70. The van der Waals surface area contributed by atoms with Crippen LogP contribution in [0.2, 0.25) is 0 Å². The van der Waals surface area contributed by atoms with Crippen LogP contribution in [0.15, 0.2) is 24.0 Å². The minimum Gasteiger partial charge on any atom is -0.497 e. The molecule has 3 nitrogen and oxygen atoms in total. The summed E-state index contributed by atoms with van der Waals surface area (Å²) in [5, 5.41) is 8.14. The molecule has 0 aromatic heterocycles. The Bertz CT molecular complexity index is 176. The van der Waals surface area contributed by atoms with Gasteiger partial charge in [-0.1, -0.05) is 5.57 Å². The minimum absolute atomic E-state index is 0.423. The van der Waals surface area contributed by atoms with Crippen molar-refractivity contribution in [1.82, 2.24) is 0 Å². The lowest BCUT2D eigenvalue weighted by Gasteiger charge is -1.93. The van der Waals surface area contributed by atoms with Gasteiger partial charge in [0.15, 0.2) is 0 Å². The van der Waals surface area contributed by atoms with E-state index in [0.29, 0.717) is 6.61 Å². The Morgan fingerprint density at radius 1 is 1.55 bits per heavy atom. The summed E-state index contributed by atoms with van der Waals surface area (Å²) in [6.45, 7) is 4.32. The van der Waals surface area contributed by atoms with E-state index in [0.717, 1.165) is 11.6 Å². The van der Waals surface area contributed by atoms with Crippen LogP contribution in [0.5, 0.6) is 0 Å². The molecule has 1 N–H and O–H groups in total. The van der Waals surface area contributed by atoms with Gasteiger partial charge in [-0.3, -0.25) is 0 Å². The number of allylic oxidation sites excluding steroid dienone is 1. The first-order valence-corrected chi connectivity index (χ1v) is 3.27. The van der Waals surface area contributed by atoms with E-state index in [1.165, 1.54) is 6.26 Å². The number of hydrogen-bond donors (Lipinski definition) is 1. The maximum Gasteiger partial charge on any atom is 0.331 e. The molecule has 0 rings (SSSR count). The van der Waals surface area contributed by atoms with Crippen LogP contribution in [0.4, 0.5) is 0 Å². The molecule has 3 heteroatoms. The average Bonchev–Trinajstić information content (AvgIpc) is 1.85. The van der Waals surface area contributed by atoms with E-state index in [9.17, 15) is 4.79 Å². The number of rotatable bonds is 4. The van der Waals surface area contributed by atoms with Crippen LogP contribution < -0.4 is 0 Å². The second-order valence-electron chi connectivity index (χ2n) is 2.26. The van der Waals surface area contributed by atoms with Gasteiger partial charge in [0.1, 0.15) is 6.61 Å². The van der Waals surface area contributed by atoms with Crippen LogP contribution in [-0.2, 0) is 9.53 Å². The Balaban J connectivity index is 3.42. The molecule has 0 bridgehead atoms. The Morgan fingerprint density at radius 3 is 2.64 bits per heavy atom. The standard InChI is InChI=1S/C8H12O3/c1-7(2)3-5-11-6-4-8(9)10/h3-4,6H,5H2,1-2H3,(H,9,10)/b6-4+. The summed E-state index contributed by atoms with van der Waals surface area (Å²) in [7, 11) is 0. The van der Waals surface area contributed by atoms with Crippen molar-refractivity contribution >= 4 is 5.97 Å². The topological polar surface area (TPSA) is 46.5 Å². The third-order valence-corrected chi connectivity index (χ3v) is 0.895. The molecule has 0 spiro atoms. The highest BCUT2D eigenvalue weighted by atomic mass is 16.5. The molecule has 0 aliphatic heterocycles. The fourth-order valence-electron chi connectivity index (χ4n) is 0.377. The van der Waals surface area contributed by atoms with Crippen molar-refractivity contribution in [1.29, 1.82) is 0 Å². The fraction of sp³-hybridized carbons (Fsp3) is 0.375. The largest absolute Gasteiger partial charge is 0.497 e. The van der Waals surface area contributed by atoms with E-state index >= 15 is 0 Å². The molecule has 0 fully saturated rings. The molecule has 0 amide bonds. The van der Waals surface area contributed by atoms with Gasteiger partial charge in [-0.25, -0.2) is 4.79 Å². The molecular weight excluding hydrogens is 144 g/mol. The number of ether oxygens (including phenoxy) is 1. The van der Waals surface area contributed by atoms with E-state index in [4.69, 9.17) is 9.84 Å². The highest BCUT2D eigenvalue weighted by Crippen LogP contribution is 1.88. The van der Waals surface area contributed by atoms with Crippen molar-refractivity contribution in [3.05, 3.63) is 24.0 Å². The molecule has 0 aromatic rings. The summed E-state index contributed by atoms with van der Waals surface area (Å²) in [5.74, 6) is -0.998. The summed E-state index contributed by atoms with van der Waals surface area (Å²) < 4.78 is 4.82. The molecule has 0 saturated carbocycles. The lowest BCUT2D eigenvalue weighted by molar-refractivity contribution is -0.131. The molecule has 0 aliphatic rings. The van der Waals surface area contributed by atoms with E-state index in [-0.39, 0.29) is 0 Å². The molecule has 0 unspecified atom stereocenters. The van der Waals surface area contributed by atoms with E-state index in [2.05, 4.69) is 0 Å². The molecular formula is C8H12O3. The lowest BCUT2D eigenvalue weighted by Crippen LogP contribution is -1.88. The van der Waals surface area contributed by atoms with Crippen LogP contribution in [0, 0.1) is 0 Å². The van der Waals surface area contributed by atoms with Crippen molar-refractivity contribution in [2.24, 2.45) is 0 Å². The summed E-state index contributed by atoms with van der Waals surface area (Å²) in [6.07, 6.45) is 3.99. The average molecular weight is 156 g/mol. The first kappa shape index (κ1) is 9.75. The summed E-state index contributed by atoms with van der Waals surface area (Å²) in [6, 6.07) is 0. The van der Waals surface area contributed by atoms with Gasteiger partial charge in [0.2, 0.25) is 0 Å². The van der Waals surface area contributed by atoms with Crippen LogP contribution >= 0.6 is 0 Å². The normalized spacial score (nSPS) is 9.64. The number of hydrogen-bond acceptors (Lipinski definition) is 2. The number of carboxylic acids is 1. The van der Waals surface area contributed by atoms with E-state index < -0.39 is 5.97 Å². The molecule has 0 aliphatic carbocycles. The van der Waals surface area contributed by atoms with Crippen LogP contribution in [0.3, 0.4) is 0 Å². The predicted octanol–water partition coefficient (Wildman–Crippen LogP) is 1.57. The van der Waals surface area contributed by atoms with Gasteiger partial charge in [-0.05, 0) is 19.9 Å². The van der Waals surface area contributed by atoms with Gasteiger partial charge in [0, 0.05) is 0 Å². The molecule has 0 heterocycles. The van der Waals surface area contributed by atoms with Crippen molar-refractivity contribution in [2.75, 3.05) is 6.61 Å².